The molecule has 25 heavy (non-hydrogen) atoms. The highest BCUT2D eigenvalue weighted by atomic mass is 35.5. The number of hydrogen-bond acceptors (Lipinski definition) is 2. The molecule has 0 fully saturated rings. The smallest absolute Gasteiger partial charge is 0.0624 e. The van der Waals surface area contributed by atoms with Gasteiger partial charge in [-0.05, 0) is 58.7 Å². The number of anilines is 3. The summed E-state index contributed by atoms with van der Waals surface area (Å²) in [5.41, 5.74) is 14.1. The monoisotopic (exact) mass is 368 g/mol. The molecular weight excluding hydrogens is 348 g/mol. The molecule has 1 aliphatic rings. The van der Waals surface area contributed by atoms with Gasteiger partial charge in [0.2, 0.25) is 0 Å². The van der Waals surface area contributed by atoms with Crippen molar-refractivity contribution in [2.24, 2.45) is 0 Å². The number of halogens is 1. The lowest BCUT2D eigenvalue weighted by molar-refractivity contribution is 0.661. The van der Waals surface area contributed by atoms with Gasteiger partial charge >= 0.3 is 0 Å². The number of rotatable bonds is 2. The first kappa shape index (κ1) is 17.7. The summed E-state index contributed by atoms with van der Waals surface area (Å²) in [5, 5.41) is 4.12. The molecule has 3 aromatic carbocycles. The minimum Gasteiger partial charge on any atom is -0.397 e. The van der Waals surface area contributed by atoms with Crippen LogP contribution in [0.15, 0.2) is 60.7 Å². The van der Waals surface area contributed by atoms with E-state index in [0.29, 0.717) is 0 Å². The van der Waals surface area contributed by atoms with Gasteiger partial charge in [-0.1, -0.05) is 49.7 Å². The van der Waals surface area contributed by atoms with Crippen LogP contribution >= 0.6 is 25.1 Å². The van der Waals surface area contributed by atoms with Gasteiger partial charge in [-0.2, -0.15) is 13.5 Å². The van der Waals surface area contributed by atoms with Crippen LogP contribution < -0.4 is 11.1 Å². The molecule has 4 rings (SSSR count). The quantitative estimate of drug-likeness (QED) is 0.537. The van der Waals surface area contributed by atoms with Crippen LogP contribution in [0.2, 0.25) is 5.02 Å². The standard InChI is InChI=1S/C21H19ClN2.H2S/c1-21(2)17-6-4-3-5-15(17)16-11-20(19(23)12-18(16)21)24-14-9-7-13(22)8-10-14;/h3-12,24H,23H2,1-2H3;1H2. The van der Waals surface area contributed by atoms with Crippen molar-refractivity contribution in [2.75, 3.05) is 11.1 Å². The average molecular weight is 369 g/mol. The van der Waals surface area contributed by atoms with Crippen molar-refractivity contribution in [2.45, 2.75) is 19.3 Å². The van der Waals surface area contributed by atoms with Gasteiger partial charge in [0, 0.05) is 16.1 Å². The number of nitrogen functional groups attached to an aromatic ring is 1. The lowest BCUT2D eigenvalue weighted by atomic mass is 9.82. The largest absolute Gasteiger partial charge is 0.397 e. The fourth-order valence-electron chi connectivity index (χ4n) is 3.56. The molecule has 0 heterocycles. The van der Waals surface area contributed by atoms with Crippen molar-refractivity contribution in [1.29, 1.82) is 0 Å². The van der Waals surface area contributed by atoms with Crippen LogP contribution in [0.1, 0.15) is 25.0 Å². The second-order valence-electron chi connectivity index (χ2n) is 6.79. The van der Waals surface area contributed by atoms with Gasteiger partial charge < -0.3 is 11.1 Å². The van der Waals surface area contributed by atoms with Crippen LogP contribution in [-0.2, 0) is 5.41 Å². The third kappa shape index (κ3) is 2.88. The average Bonchev–Trinajstić information content (AvgIpc) is 2.78. The molecule has 3 N–H and O–H groups in total. The number of fused-ring (bicyclic) bond motifs is 3. The predicted octanol–water partition coefficient (Wildman–Crippen LogP) is 6.08. The Balaban J connectivity index is 0.00000182. The van der Waals surface area contributed by atoms with Gasteiger partial charge in [0.25, 0.3) is 0 Å². The molecule has 0 atom stereocenters. The van der Waals surface area contributed by atoms with Crippen LogP contribution in [0.5, 0.6) is 0 Å². The van der Waals surface area contributed by atoms with Crippen LogP contribution in [0.25, 0.3) is 11.1 Å². The Morgan fingerprint density at radius 1 is 0.880 bits per heavy atom. The zero-order valence-electron chi connectivity index (χ0n) is 14.2. The number of benzene rings is 3. The van der Waals surface area contributed by atoms with Gasteiger partial charge in [-0.25, -0.2) is 0 Å². The maximum absolute atomic E-state index is 6.34. The van der Waals surface area contributed by atoms with E-state index >= 15 is 0 Å². The second-order valence-corrected chi connectivity index (χ2v) is 7.22. The van der Waals surface area contributed by atoms with Gasteiger partial charge in [0.1, 0.15) is 0 Å². The Bertz CT molecular complexity index is 933. The third-order valence-electron chi connectivity index (χ3n) is 4.88. The summed E-state index contributed by atoms with van der Waals surface area (Å²) < 4.78 is 0. The first-order valence-electron chi connectivity index (χ1n) is 8.03. The number of nitrogens with two attached hydrogens (primary N) is 1. The summed E-state index contributed by atoms with van der Waals surface area (Å²) in [6.07, 6.45) is 0. The van der Waals surface area contributed by atoms with E-state index in [1.807, 2.05) is 24.3 Å². The molecule has 0 amide bonds. The molecule has 0 aromatic heterocycles. The third-order valence-corrected chi connectivity index (χ3v) is 5.13. The Labute approximate surface area is 160 Å². The lowest BCUT2D eigenvalue weighted by Crippen LogP contribution is -2.15. The minimum atomic E-state index is -0.0289. The first-order valence-corrected chi connectivity index (χ1v) is 8.41. The van der Waals surface area contributed by atoms with Crippen LogP contribution in [0, 0.1) is 0 Å². The normalized spacial score (nSPS) is 13.6. The highest BCUT2D eigenvalue weighted by Crippen LogP contribution is 2.50. The van der Waals surface area contributed by atoms with Crippen LogP contribution in [0.4, 0.5) is 17.1 Å². The molecule has 1 aliphatic carbocycles. The molecule has 0 radical (unpaired) electrons. The van der Waals surface area contributed by atoms with E-state index in [1.165, 1.54) is 22.3 Å². The topological polar surface area (TPSA) is 38.0 Å². The maximum atomic E-state index is 6.34. The van der Waals surface area contributed by atoms with E-state index in [-0.39, 0.29) is 18.9 Å². The maximum Gasteiger partial charge on any atom is 0.0624 e. The summed E-state index contributed by atoms with van der Waals surface area (Å²) in [5.74, 6) is 0. The highest BCUT2D eigenvalue weighted by Gasteiger charge is 2.35. The van der Waals surface area contributed by atoms with Crippen molar-refractivity contribution in [1.82, 2.24) is 0 Å². The van der Waals surface area contributed by atoms with Gasteiger partial charge in [-0.3, -0.25) is 0 Å². The highest BCUT2D eigenvalue weighted by molar-refractivity contribution is 7.59. The van der Waals surface area contributed by atoms with Crippen LogP contribution in [-0.4, -0.2) is 0 Å². The Hall–Kier alpha value is -2.10. The second kappa shape index (κ2) is 6.32. The summed E-state index contributed by atoms with van der Waals surface area (Å²) in [6.45, 7) is 4.51. The van der Waals surface area contributed by atoms with Gasteiger partial charge in [-0.15, -0.1) is 0 Å². The number of hydrogen-bond donors (Lipinski definition) is 2. The molecule has 0 aliphatic heterocycles. The van der Waals surface area contributed by atoms with Crippen LogP contribution in [0.3, 0.4) is 0 Å². The van der Waals surface area contributed by atoms with Crippen molar-refractivity contribution in [3.05, 3.63) is 76.8 Å². The molecule has 4 heteroatoms. The van der Waals surface area contributed by atoms with Crippen molar-refractivity contribution in [3.8, 4) is 11.1 Å². The predicted molar refractivity (Wildman–Crippen MR) is 114 cm³/mol. The molecule has 128 valence electrons. The van der Waals surface area contributed by atoms with E-state index in [9.17, 15) is 0 Å². The zero-order valence-corrected chi connectivity index (χ0v) is 16.0. The summed E-state index contributed by atoms with van der Waals surface area (Å²) >= 11 is 5.96. The van der Waals surface area contributed by atoms with Crippen molar-refractivity contribution < 1.29 is 0 Å². The van der Waals surface area contributed by atoms with Gasteiger partial charge in [0.05, 0.1) is 11.4 Å². The number of nitrogens with one attached hydrogen (secondary N) is 1. The molecule has 0 saturated heterocycles. The molecule has 0 spiro atoms. The minimum absolute atomic E-state index is 0. The molecule has 0 unspecified atom stereocenters. The zero-order chi connectivity index (χ0) is 16.9. The Morgan fingerprint density at radius 3 is 2.28 bits per heavy atom. The van der Waals surface area contributed by atoms with E-state index in [2.05, 4.69) is 55.6 Å². The van der Waals surface area contributed by atoms with E-state index in [4.69, 9.17) is 17.3 Å². The van der Waals surface area contributed by atoms with Gasteiger partial charge in [0.15, 0.2) is 0 Å². The lowest BCUT2D eigenvalue weighted by Gasteiger charge is -2.22. The first-order chi connectivity index (χ1) is 11.5. The van der Waals surface area contributed by atoms with Crippen molar-refractivity contribution in [3.63, 3.8) is 0 Å². The van der Waals surface area contributed by atoms with E-state index in [1.54, 1.807) is 0 Å². The molecular formula is C21H21ClN2S. The molecule has 0 bridgehead atoms. The summed E-state index contributed by atoms with van der Waals surface area (Å²) in [7, 11) is 0. The molecule has 3 aromatic rings. The van der Waals surface area contributed by atoms with E-state index in [0.717, 1.165) is 22.1 Å². The molecule has 0 saturated carbocycles. The Morgan fingerprint density at radius 2 is 1.56 bits per heavy atom. The fraction of sp³-hybridized carbons (Fsp3) is 0.143. The summed E-state index contributed by atoms with van der Waals surface area (Å²) in [6, 6.07) is 20.5. The fourth-order valence-corrected chi connectivity index (χ4v) is 3.69. The SMILES string of the molecule is CC1(C)c2ccccc2-c2cc(Nc3ccc(Cl)cc3)c(N)cc21.S. The van der Waals surface area contributed by atoms with Crippen molar-refractivity contribution >= 4 is 42.2 Å². The molecule has 2 nitrogen and oxygen atoms in total. The summed E-state index contributed by atoms with van der Waals surface area (Å²) in [4.78, 5) is 0. The van der Waals surface area contributed by atoms with E-state index < -0.39 is 0 Å². The Kier molecular flexibility index (Phi) is 4.48.